The average molecular weight is 177 g/mol. The van der Waals surface area contributed by atoms with E-state index in [1.165, 1.54) is 6.07 Å². The van der Waals surface area contributed by atoms with Gasteiger partial charge in [0.15, 0.2) is 0 Å². The molecule has 0 unspecified atom stereocenters. The first-order valence-electron chi connectivity index (χ1n) is 4.26. The van der Waals surface area contributed by atoms with Gasteiger partial charge in [0.1, 0.15) is 11.7 Å². The first-order chi connectivity index (χ1) is 6.27. The van der Waals surface area contributed by atoms with Crippen LogP contribution in [0.5, 0.6) is 0 Å². The maximum atomic E-state index is 13.1. The Bertz CT molecular complexity index is 358. The van der Waals surface area contributed by atoms with Gasteiger partial charge in [0, 0.05) is 5.56 Å². The Kier molecular flexibility index (Phi) is 2.00. The molecule has 1 heterocycles. The number of benzene rings is 1. The van der Waals surface area contributed by atoms with Crippen molar-refractivity contribution in [3.05, 3.63) is 35.1 Å². The average Bonchev–Trinajstić information content (AvgIpc) is 2.62. The Labute approximate surface area is 76.5 Å². The monoisotopic (exact) mass is 177 g/mol. The van der Waals surface area contributed by atoms with Crippen molar-refractivity contribution < 1.29 is 4.39 Å². The van der Waals surface area contributed by atoms with Crippen LogP contribution in [0.1, 0.15) is 11.1 Å². The molecule has 1 aliphatic rings. The number of hydrogen-bond acceptors (Lipinski definition) is 1. The van der Waals surface area contributed by atoms with E-state index in [0.29, 0.717) is 11.4 Å². The van der Waals surface area contributed by atoms with Crippen LogP contribution in [0.15, 0.2) is 23.2 Å². The molecule has 2 nitrogen and oxygen atoms in total. The molecule has 0 saturated heterocycles. The molecular formula is C10H10FN2. The predicted octanol–water partition coefficient (Wildman–Crippen LogP) is 1.50. The lowest BCUT2D eigenvalue weighted by atomic mass is 10.1. The lowest BCUT2D eigenvalue weighted by molar-refractivity contribution is 0.618. The van der Waals surface area contributed by atoms with Crippen LogP contribution in [0.2, 0.25) is 0 Å². The van der Waals surface area contributed by atoms with E-state index in [1.807, 2.05) is 6.07 Å². The van der Waals surface area contributed by atoms with E-state index in [9.17, 15) is 4.39 Å². The van der Waals surface area contributed by atoms with E-state index in [-0.39, 0.29) is 5.82 Å². The smallest absolute Gasteiger partial charge is 0.150 e. The summed E-state index contributed by atoms with van der Waals surface area (Å²) in [6, 6.07) is 5.09. The summed E-state index contributed by atoms with van der Waals surface area (Å²) in [6.07, 6.45) is 0. The lowest BCUT2D eigenvalue weighted by Gasteiger charge is -2.01. The van der Waals surface area contributed by atoms with Crippen LogP contribution < -0.4 is 5.32 Å². The van der Waals surface area contributed by atoms with E-state index in [0.717, 1.165) is 18.7 Å². The van der Waals surface area contributed by atoms with Crippen LogP contribution in [0.3, 0.4) is 0 Å². The minimum Gasteiger partial charge on any atom is -0.265 e. The number of nitrogens with zero attached hydrogens (tertiary/aromatic N) is 2. The van der Waals surface area contributed by atoms with Gasteiger partial charge in [0.2, 0.25) is 0 Å². The number of hydrogen-bond donors (Lipinski definition) is 0. The van der Waals surface area contributed by atoms with Gasteiger partial charge in [-0.25, -0.2) is 4.39 Å². The summed E-state index contributed by atoms with van der Waals surface area (Å²) in [5, 5.41) is 4.16. The van der Waals surface area contributed by atoms with Crippen molar-refractivity contribution in [3.63, 3.8) is 0 Å². The highest BCUT2D eigenvalue weighted by Gasteiger charge is 2.10. The molecule has 0 N–H and O–H groups in total. The summed E-state index contributed by atoms with van der Waals surface area (Å²) in [5.74, 6) is 0.487. The van der Waals surface area contributed by atoms with E-state index in [2.05, 4.69) is 10.3 Å². The highest BCUT2D eigenvalue weighted by atomic mass is 19.1. The number of aliphatic imine (C=N–C) groups is 1. The predicted molar refractivity (Wildman–Crippen MR) is 49.5 cm³/mol. The lowest BCUT2D eigenvalue weighted by Crippen LogP contribution is -2.11. The van der Waals surface area contributed by atoms with Crippen LogP contribution in [0.4, 0.5) is 4.39 Å². The second kappa shape index (κ2) is 3.17. The fourth-order valence-electron chi connectivity index (χ4n) is 1.28. The summed E-state index contributed by atoms with van der Waals surface area (Å²) in [6.45, 7) is 3.20. The van der Waals surface area contributed by atoms with Crippen molar-refractivity contribution in [2.75, 3.05) is 13.1 Å². The second-order valence-corrected chi connectivity index (χ2v) is 3.05. The number of aryl methyl sites for hydroxylation is 1. The van der Waals surface area contributed by atoms with E-state index >= 15 is 0 Å². The topological polar surface area (TPSA) is 26.5 Å². The molecule has 0 aliphatic carbocycles. The molecule has 0 saturated carbocycles. The molecule has 2 rings (SSSR count). The molecule has 1 aromatic carbocycles. The first kappa shape index (κ1) is 8.23. The summed E-state index contributed by atoms with van der Waals surface area (Å²) < 4.78 is 13.1. The summed E-state index contributed by atoms with van der Waals surface area (Å²) in [5.41, 5.74) is 1.43. The third kappa shape index (κ3) is 1.54. The molecule has 67 valence electrons. The maximum Gasteiger partial charge on any atom is 0.150 e. The zero-order valence-electron chi connectivity index (χ0n) is 7.42. The van der Waals surface area contributed by atoms with E-state index < -0.39 is 0 Å². The molecule has 1 aromatic rings. The highest BCUT2D eigenvalue weighted by Crippen LogP contribution is 2.10. The van der Waals surface area contributed by atoms with Crippen molar-refractivity contribution in [2.45, 2.75) is 6.92 Å². The highest BCUT2D eigenvalue weighted by molar-refractivity contribution is 5.99. The van der Waals surface area contributed by atoms with Crippen molar-refractivity contribution in [3.8, 4) is 0 Å². The van der Waals surface area contributed by atoms with Gasteiger partial charge in [-0.15, -0.1) is 0 Å². The third-order valence-corrected chi connectivity index (χ3v) is 2.05. The summed E-state index contributed by atoms with van der Waals surface area (Å²) >= 11 is 0. The van der Waals surface area contributed by atoms with Gasteiger partial charge < -0.3 is 0 Å². The molecule has 1 aliphatic heterocycles. The van der Waals surface area contributed by atoms with Crippen molar-refractivity contribution >= 4 is 5.84 Å². The van der Waals surface area contributed by atoms with Gasteiger partial charge in [-0.2, -0.15) is 0 Å². The molecular weight excluding hydrogens is 167 g/mol. The Hall–Kier alpha value is -1.38. The quantitative estimate of drug-likeness (QED) is 0.621. The Morgan fingerprint density at radius 1 is 1.31 bits per heavy atom. The fourth-order valence-corrected chi connectivity index (χ4v) is 1.28. The summed E-state index contributed by atoms with van der Waals surface area (Å²) in [7, 11) is 0. The molecule has 0 fully saturated rings. The van der Waals surface area contributed by atoms with Crippen molar-refractivity contribution in [2.24, 2.45) is 4.99 Å². The number of amidine groups is 1. The van der Waals surface area contributed by atoms with Crippen molar-refractivity contribution in [1.82, 2.24) is 5.32 Å². The molecule has 0 atom stereocenters. The Morgan fingerprint density at radius 2 is 2.15 bits per heavy atom. The van der Waals surface area contributed by atoms with Gasteiger partial charge in [-0.3, -0.25) is 10.3 Å². The van der Waals surface area contributed by atoms with Gasteiger partial charge in [-0.05, 0) is 18.6 Å². The van der Waals surface area contributed by atoms with E-state index in [1.54, 1.807) is 13.0 Å². The van der Waals surface area contributed by atoms with Gasteiger partial charge in [0.25, 0.3) is 0 Å². The molecule has 13 heavy (non-hydrogen) atoms. The largest absolute Gasteiger partial charge is 0.265 e. The van der Waals surface area contributed by atoms with Gasteiger partial charge >= 0.3 is 0 Å². The van der Waals surface area contributed by atoms with Crippen LogP contribution in [-0.2, 0) is 0 Å². The zero-order valence-corrected chi connectivity index (χ0v) is 7.42. The molecule has 0 bridgehead atoms. The molecule has 1 radical (unpaired) electrons. The standard InChI is InChI=1S/C10H10FN2/c1-7-2-3-8(6-9(7)11)10-12-4-5-13-10/h2-3,6H,4-5H2,1H3. The molecule has 0 aromatic heterocycles. The minimum absolute atomic E-state index is 0.192. The van der Waals surface area contributed by atoms with Crippen LogP contribution in [-0.4, -0.2) is 18.9 Å². The third-order valence-electron chi connectivity index (χ3n) is 2.05. The second-order valence-electron chi connectivity index (χ2n) is 3.05. The summed E-state index contributed by atoms with van der Waals surface area (Å²) in [4.78, 5) is 4.16. The maximum absolute atomic E-state index is 13.1. The minimum atomic E-state index is -0.192. The van der Waals surface area contributed by atoms with Crippen LogP contribution in [0, 0.1) is 12.7 Å². The van der Waals surface area contributed by atoms with Gasteiger partial charge in [0.05, 0.1) is 13.1 Å². The fraction of sp³-hybridized carbons (Fsp3) is 0.300. The van der Waals surface area contributed by atoms with Gasteiger partial charge in [-0.1, -0.05) is 12.1 Å². The Morgan fingerprint density at radius 3 is 2.77 bits per heavy atom. The van der Waals surface area contributed by atoms with Crippen molar-refractivity contribution in [1.29, 1.82) is 0 Å². The molecule has 0 spiro atoms. The Balaban J connectivity index is 2.36. The molecule has 3 heteroatoms. The zero-order chi connectivity index (χ0) is 9.26. The van der Waals surface area contributed by atoms with Crippen LogP contribution >= 0.6 is 0 Å². The molecule has 0 amide bonds. The van der Waals surface area contributed by atoms with E-state index in [4.69, 9.17) is 0 Å². The first-order valence-corrected chi connectivity index (χ1v) is 4.26. The number of halogens is 1. The van der Waals surface area contributed by atoms with Crippen LogP contribution in [0.25, 0.3) is 0 Å². The number of rotatable bonds is 1. The SMILES string of the molecule is Cc1ccc(C2=NCC[N]2)cc1F. The normalized spacial score (nSPS) is 15.4.